The third-order valence-corrected chi connectivity index (χ3v) is 6.00. The molecule has 144 valence electrons. The van der Waals surface area contributed by atoms with Gasteiger partial charge in [-0.2, -0.15) is 0 Å². The highest BCUT2D eigenvalue weighted by molar-refractivity contribution is 5.15. The number of ether oxygens (including phenoxy) is 2. The Kier molecular flexibility index (Phi) is 5.69. The second-order valence-electron chi connectivity index (χ2n) is 7.77. The van der Waals surface area contributed by atoms with Crippen molar-refractivity contribution in [3.8, 4) is 5.75 Å². The third-order valence-electron chi connectivity index (χ3n) is 6.00. The van der Waals surface area contributed by atoms with Gasteiger partial charge in [0.05, 0.1) is 24.1 Å². The minimum Gasteiger partial charge on any atom is -0.492 e. The molecule has 0 saturated carbocycles. The fraction of sp³-hybridized carbons (Fsp3) is 0.545. The lowest BCUT2D eigenvalue weighted by Gasteiger charge is -2.42. The maximum Gasteiger partial charge on any atom is 0.137 e. The lowest BCUT2D eigenvalue weighted by molar-refractivity contribution is -0.0710. The second kappa shape index (κ2) is 8.36. The number of pyridine rings is 2. The predicted octanol–water partition coefficient (Wildman–Crippen LogP) is 3.63. The van der Waals surface area contributed by atoms with Crippen LogP contribution in [0.25, 0.3) is 0 Å². The normalized spacial score (nSPS) is 22.2. The van der Waals surface area contributed by atoms with Crippen LogP contribution in [0.3, 0.4) is 0 Å². The van der Waals surface area contributed by atoms with Crippen LogP contribution in [0.4, 0.5) is 0 Å². The molecule has 27 heavy (non-hydrogen) atoms. The Labute approximate surface area is 161 Å². The first-order valence-electron chi connectivity index (χ1n) is 10.1. The second-order valence-corrected chi connectivity index (χ2v) is 7.77. The van der Waals surface area contributed by atoms with Crippen molar-refractivity contribution < 1.29 is 9.47 Å². The van der Waals surface area contributed by atoms with Gasteiger partial charge in [-0.15, -0.1) is 0 Å². The number of aromatic nitrogens is 2. The molecule has 0 aromatic carbocycles. The van der Waals surface area contributed by atoms with Crippen LogP contribution in [0.1, 0.15) is 37.1 Å². The molecule has 0 amide bonds. The van der Waals surface area contributed by atoms with Gasteiger partial charge in [-0.05, 0) is 62.8 Å². The molecule has 0 aliphatic carbocycles. The van der Waals surface area contributed by atoms with E-state index < -0.39 is 0 Å². The summed E-state index contributed by atoms with van der Waals surface area (Å²) in [7, 11) is 0. The van der Waals surface area contributed by atoms with Gasteiger partial charge < -0.3 is 9.47 Å². The Morgan fingerprint density at radius 3 is 2.89 bits per heavy atom. The number of rotatable bonds is 6. The first-order chi connectivity index (χ1) is 13.2. The Morgan fingerprint density at radius 1 is 1.22 bits per heavy atom. The summed E-state index contributed by atoms with van der Waals surface area (Å²) in [6.07, 6.45) is 7.96. The molecular formula is C22H29N3O2. The Balaban J connectivity index is 1.28. The fourth-order valence-electron chi connectivity index (χ4n) is 4.50. The van der Waals surface area contributed by atoms with Crippen LogP contribution in [0, 0.1) is 12.8 Å². The lowest BCUT2D eigenvalue weighted by atomic mass is 9.78. The molecule has 5 heteroatoms. The van der Waals surface area contributed by atoms with E-state index in [2.05, 4.69) is 40.0 Å². The van der Waals surface area contributed by atoms with Crippen LogP contribution >= 0.6 is 0 Å². The van der Waals surface area contributed by atoms with Gasteiger partial charge in [0.1, 0.15) is 5.75 Å². The summed E-state index contributed by atoms with van der Waals surface area (Å²) in [5.74, 6) is 1.44. The van der Waals surface area contributed by atoms with Gasteiger partial charge in [-0.25, -0.2) is 0 Å². The summed E-state index contributed by atoms with van der Waals surface area (Å²) in [5, 5.41) is 0. The summed E-state index contributed by atoms with van der Waals surface area (Å²) in [6, 6.07) is 10.2. The van der Waals surface area contributed by atoms with E-state index in [9.17, 15) is 0 Å². The van der Waals surface area contributed by atoms with Gasteiger partial charge >= 0.3 is 0 Å². The Morgan fingerprint density at radius 2 is 2.11 bits per heavy atom. The van der Waals surface area contributed by atoms with Crippen molar-refractivity contribution in [2.24, 2.45) is 5.92 Å². The van der Waals surface area contributed by atoms with E-state index in [1.807, 2.05) is 12.1 Å². The summed E-state index contributed by atoms with van der Waals surface area (Å²) in [4.78, 5) is 11.3. The largest absolute Gasteiger partial charge is 0.492 e. The van der Waals surface area contributed by atoms with Gasteiger partial charge in [0.25, 0.3) is 0 Å². The predicted molar refractivity (Wildman–Crippen MR) is 105 cm³/mol. The van der Waals surface area contributed by atoms with Crippen molar-refractivity contribution in [3.63, 3.8) is 0 Å². The molecule has 1 spiro atoms. The van der Waals surface area contributed by atoms with Crippen LogP contribution < -0.4 is 4.74 Å². The monoisotopic (exact) mass is 367 g/mol. The first-order valence-corrected chi connectivity index (χ1v) is 10.1. The molecule has 2 saturated heterocycles. The molecule has 2 fully saturated rings. The molecule has 4 rings (SSSR count). The Bertz CT molecular complexity index is 729. The molecule has 1 atom stereocenters. The summed E-state index contributed by atoms with van der Waals surface area (Å²) in [6.45, 7) is 6.77. The number of hydrogen-bond acceptors (Lipinski definition) is 5. The van der Waals surface area contributed by atoms with Crippen molar-refractivity contribution in [2.75, 3.05) is 26.3 Å². The first kappa shape index (κ1) is 18.4. The van der Waals surface area contributed by atoms with Crippen LogP contribution in [0.15, 0.2) is 42.7 Å². The van der Waals surface area contributed by atoms with E-state index in [-0.39, 0.29) is 5.60 Å². The molecule has 2 aromatic heterocycles. The maximum atomic E-state index is 6.30. The number of hydrogen-bond donors (Lipinski definition) is 0. The van der Waals surface area contributed by atoms with E-state index in [1.54, 1.807) is 12.4 Å². The molecule has 4 heterocycles. The SMILES string of the molecule is Cc1cccc(CN2CCC3(CC2)OCC[C@H]3CCOc2cccnc2)n1. The molecule has 2 aromatic rings. The van der Waals surface area contributed by atoms with Crippen LogP contribution in [-0.4, -0.2) is 46.8 Å². The number of piperidine rings is 1. The quantitative estimate of drug-likeness (QED) is 0.780. The zero-order chi connectivity index (χ0) is 18.5. The molecule has 2 aliphatic heterocycles. The smallest absolute Gasteiger partial charge is 0.137 e. The molecule has 0 N–H and O–H groups in total. The standard InChI is InChI=1S/C22H29N3O2/c1-18-4-2-5-20(24-18)17-25-12-9-22(10-13-25)19(8-15-27-22)7-14-26-21-6-3-11-23-16-21/h2-6,11,16,19H,7-10,12-15,17H2,1H3/t19-/m1/s1. The molecule has 0 radical (unpaired) electrons. The average molecular weight is 367 g/mol. The van der Waals surface area contributed by atoms with Crippen LogP contribution in [0.2, 0.25) is 0 Å². The van der Waals surface area contributed by atoms with E-state index in [1.165, 1.54) is 5.69 Å². The highest BCUT2D eigenvalue weighted by Crippen LogP contribution is 2.42. The zero-order valence-corrected chi connectivity index (χ0v) is 16.1. The zero-order valence-electron chi connectivity index (χ0n) is 16.1. The Hall–Kier alpha value is -1.98. The molecule has 0 unspecified atom stereocenters. The number of likely N-dealkylation sites (tertiary alicyclic amines) is 1. The van der Waals surface area contributed by atoms with E-state index in [4.69, 9.17) is 9.47 Å². The molecule has 0 bridgehead atoms. The van der Waals surface area contributed by atoms with Gasteiger partial charge in [0.2, 0.25) is 0 Å². The summed E-state index contributed by atoms with van der Waals surface area (Å²) < 4.78 is 12.2. The minimum atomic E-state index is 0.0504. The topological polar surface area (TPSA) is 47.5 Å². The lowest BCUT2D eigenvalue weighted by Crippen LogP contribution is -2.47. The van der Waals surface area contributed by atoms with Crippen molar-refractivity contribution in [1.82, 2.24) is 14.9 Å². The fourth-order valence-corrected chi connectivity index (χ4v) is 4.50. The highest BCUT2D eigenvalue weighted by Gasteiger charge is 2.45. The highest BCUT2D eigenvalue weighted by atomic mass is 16.5. The number of nitrogens with zero attached hydrogens (tertiary/aromatic N) is 3. The van der Waals surface area contributed by atoms with E-state index >= 15 is 0 Å². The van der Waals surface area contributed by atoms with Crippen molar-refractivity contribution >= 4 is 0 Å². The summed E-state index contributed by atoms with van der Waals surface area (Å²) >= 11 is 0. The van der Waals surface area contributed by atoms with Gasteiger partial charge in [0.15, 0.2) is 0 Å². The van der Waals surface area contributed by atoms with E-state index in [0.29, 0.717) is 5.92 Å². The maximum absolute atomic E-state index is 6.30. The van der Waals surface area contributed by atoms with Gasteiger partial charge in [-0.3, -0.25) is 14.9 Å². The molecule has 2 aliphatic rings. The third kappa shape index (κ3) is 4.47. The van der Waals surface area contributed by atoms with Gasteiger partial charge in [0, 0.05) is 38.1 Å². The minimum absolute atomic E-state index is 0.0504. The summed E-state index contributed by atoms with van der Waals surface area (Å²) in [5.41, 5.74) is 2.31. The average Bonchev–Trinajstić information content (AvgIpc) is 3.07. The number of aryl methyl sites for hydroxylation is 1. The molecular weight excluding hydrogens is 338 g/mol. The van der Waals surface area contributed by atoms with E-state index in [0.717, 1.165) is 70.0 Å². The van der Waals surface area contributed by atoms with Gasteiger partial charge in [-0.1, -0.05) is 6.07 Å². The van der Waals surface area contributed by atoms with Crippen LogP contribution in [-0.2, 0) is 11.3 Å². The van der Waals surface area contributed by atoms with Crippen molar-refractivity contribution in [1.29, 1.82) is 0 Å². The van der Waals surface area contributed by atoms with Crippen molar-refractivity contribution in [3.05, 3.63) is 54.1 Å². The molecule has 5 nitrogen and oxygen atoms in total. The van der Waals surface area contributed by atoms with Crippen molar-refractivity contribution in [2.45, 2.75) is 44.8 Å². The van der Waals surface area contributed by atoms with Crippen LogP contribution in [0.5, 0.6) is 5.75 Å².